The van der Waals surface area contributed by atoms with Gasteiger partial charge in [-0.3, -0.25) is 9.11 Å². The molecule has 0 unspecified atom stereocenters. The first-order valence-corrected chi connectivity index (χ1v) is 1.60. The zero-order chi connectivity index (χ0) is 3.58. The maximum absolute atomic E-state index is 8.67. The van der Waals surface area contributed by atoms with Crippen molar-refractivity contribution in [2.45, 2.75) is 0 Å². The Labute approximate surface area is 48.3 Å². The van der Waals surface area contributed by atoms with E-state index in [9.17, 15) is 0 Å². The molecule has 0 rings (SSSR count). The van der Waals surface area contributed by atoms with E-state index in [0.717, 1.165) is 0 Å². The van der Waals surface area contributed by atoms with Gasteiger partial charge in [0.1, 0.15) is 0 Å². The Morgan fingerprint density at radius 2 is 1.00 bits per heavy atom. The second-order valence-electron chi connectivity index (χ2n) is 0.231. The molecule has 8 heavy (non-hydrogen) atoms. The molecule has 0 aliphatic rings. The fraction of sp³-hybridized carbons (Fsp3) is 0. The minimum absolute atomic E-state index is 0. The summed E-state index contributed by atoms with van der Waals surface area (Å²) in [6, 6.07) is 0. The van der Waals surface area contributed by atoms with E-state index in [0.29, 0.717) is 0 Å². The summed E-state index contributed by atoms with van der Waals surface area (Å²) in [6.07, 6.45) is 0. The van der Waals surface area contributed by atoms with Gasteiger partial charge in [-0.15, -0.1) is 0 Å². The zero-order valence-electron chi connectivity index (χ0n) is 3.92. The smallest absolute Gasteiger partial charge is 0.299 e. The van der Waals surface area contributed by atoms with Crippen LogP contribution in [0.3, 0.4) is 0 Å². The standard InChI is InChI=1S/H3N.H2O3S.3H2O/c;1-4(2)3;;;/h1H3;(H2,1,2,3);3*1H2. The lowest BCUT2D eigenvalue weighted by Gasteiger charge is -1.59. The number of rotatable bonds is 0. The van der Waals surface area contributed by atoms with Gasteiger partial charge >= 0.3 is 0 Å². The average molecular weight is 153 g/mol. The third-order valence-corrected chi connectivity index (χ3v) is 0. The molecule has 0 fully saturated rings. The average Bonchev–Trinajstić information content (AvgIpc) is 0.811. The molecule has 0 aliphatic heterocycles. The van der Waals surface area contributed by atoms with Gasteiger partial charge in [0.05, 0.1) is 0 Å². The zero-order valence-corrected chi connectivity index (χ0v) is 4.73. The van der Waals surface area contributed by atoms with Crippen molar-refractivity contribution >= 4 is 11.4 Å². The number of hydrogen-bond donors (Lipinski definition) is 3. The molecule has 7 nitrogen and oxygen atoms in total. The van der Waals surface area contributed by atoms with Crippen LogP contribution < -0.4 is 6.15 Å². The molecule has 0 aromatic heterocycles. The first-order valence-electron chi connectivity index (χ1n) is 0.532. The Morgan fingerprint density at radius 3 is 1.00 bits per heavy atom. The SMILES string of the molecule is N.O.O.O.O=S(O)O. The molecule has 0 saturated carbocycles. The van der Waals surface area contributed by atoms with Crippen LogP contribution in [0.2, 0.25) is 0 Å². The molecule has 0 radical (unpaired) electrons. The molecule has 0 amide bonds. The van der Waals surface area contributed by atoms with Crippen molar-refractivity contribution < 1.29 is 29.7 Å². The van der Waals surface area contributed by atoms with Crippen molar-refractivity contribution in [3.63, 3.8) is 0 Å². The Morgan fingerprint density at radius 1 is 1.00 bits per heavy atom. The van der Waals surface area contributed by atoms with Crippen LogP contribution in [-0.2, 0) is 11.4 Å². The van der Waals surface area contributed by atoms with Crippen LogP contribution in [0.25, 0.3) is 0 Å². The van der Waals surface area contributed by atoms with Crippen LogP contribution in [0.5, 0.6) is 0 Å². The van der Waals surface area contributed by atoms with Crippen LogP contribution in [0.1, 0.15) is 0 Å². The van der Waals surface area contributed by atoms with Crippen molar-refractivity contribution in [3.05, 3.63) is 0 Å². The van der Waals surface area contributed by atoms with Crippen LogP contribution in [0, 0.1) is 0 Å². The topological polar surface area (TPSA) is 187 Å². The van der Waals surface area contributed by atoms with E-state index in [-0.39, 0.29) is 22.6 Å². The summed E-state index contributed by atoms with van der Waals surface area (Å²) in [4.78, 5) is 0. The largest absolute Gasteiger partial charge is 0.412 e. The molecule has 0 bridgehead atoms. The van der Waals surface area contributed by atoms with E-state index in [2.05, 4.69) is 0 Å². The van der Waals surface area contributed by atoms with Gasteiger partial charge < -0.3 is 22.6 Å². The van der Waals surface area contributed by atoms with Crippen molar-refractivity contribution in [2.75, 3.05) is 0 Å². The molecular formula is H11NO6S. The van der Waals surface area contributed by atoms with Crippen molar-refractivity contribution in [3.8, 4) is 0 Å². The van der Waals surface area contributed by atoms with E-state index < -0.39 is 11.4 Å². The van der Waals surface area contributed by atoms with Gasteiger partial charge in [0, 0.05) is 0 Å². The summed E-state index contributed by atoms with van der Waals surface area (Å²) in [6.45, 7) is 0. The lowest BCUT2D eigenvalue weighted by atomic mass is 14.0. The predicted octanol–water partition coefficient (Wildman–Crippen LogP) is -2.63. The molecule has 8 heteroatoms. The first kappa shape index (κ1) is 44.6. The summed E-state index contributed by atoms with van der Waals surface area (Å²) in [5.41, 5.74) is 0. The predicted molar refractivity (Wildman–Crippen MR) is 29.3 cm³/mol. The van der Waals surface area contributed by atoms with Gasteiger partial charge in [0.2, 0.25) is 0 Å². The highest BCUT2D eigenvalue weighted by Crippen LogP contribution is 1.44. The molecule has 0 heterocycles. The molecule has 0 aromatic rings. The first-order chi connectivity index (χ1) is 1.73. The van der Waals surface area contributed by atoms with Gasteiger partial charge in [-0.1, -0.05) is 0 Å². The van der Waals surface area contributed by atoms with Gasteiger partial charge in [-0.2, -0.15) is 4.21 Å². The Kier molecular flexibility index (Phi) is 159. The van der Waals surface area contributed by atoms with Gasteiger partial charge in [-0.25, -0.2) is 0 Å². The van der Waals surface area contributed by atoms with E-state index in [4.69, 9.17) is 13.3 Å². The molecule has 0 spiro atoms. The number of hydrogen-bond acceptors (Lipinski definition) is 2. The van der Waals surface area contributed by atoms with Crippen molar-refractivity contribution in [1.29, 1.82) is 0 Å². The Bertz CT molecular complexity index is 31.5. The fourth-order valence-corrected chi connectivity index (χ4v) is 0. The third kappa shape index (κ3) is 17600. The second kappa shape index (κ2) is 28.5. The summed E-state index contributed by atoms with van der Waals surface area (Å²) in [7, 11) is 0. The molecular weight excluding hydrogens is 142 g/mol. The summed E-state index contributed by atoms with van der Waals surface area (Å²) in [5, 5.41) is 0. The van der Waals surface area contributed by atoms with Crippen molar-refractivity contribution in [2.24, 2.45) is 0 Å². The van der Waals surface area contributed by atoms with Crippen LogP contribution in [0.4, 0.5) is 0 Å². The highest BCUT2D eigenvalue weighted by Gasteiger charge is 1.62. The van der Waals surface area contributed by atoms with Crippen LogP contribution in [-0.4, -0.2) is 29.7 Å². The second-order valence-corrected chi connectivity index (χ2v) is 0.692. The highest BCUT2D eigenvalue weighted by molar-refractivity contribution is 7.73. The molecule has 58 valence electrons. The van der Waals surface area contributed by atoms with E-state index >= 15 is 0 Å². The van der Waals surface area contributed by atoms with E-state index in [1.807, 2.05) is 0 Å². The lowest BCUT2D eigenvalue weighted by Crippen LogP contribution is -1.74. The minimum atomic E-state index is -2.61. The quantitative estimate of drug-likeness (QED) is 0.321. The third-order valence-electron chi connectivity index (χ3n) is 0. The normalized spacial score (nSPS) is 4.38. The molecule has 11 N–H and O–H groups in total. The summed E-state index contributed by atoms with van der Waals surface area (Å²) >= 11 is -2.61. The highest BCUT2D eigenvalue weighted by atomic mass is 32.2. The minimum Gasteiger partial charge on any atom is -0.412 e. The van der Waals surface area contributed by atoms with Crippen LogP contribution in [0.15, 0.2) is 0 Å². The van der Waals surface area contributed by atoms with Gasteiger partial charge in [-0.05, 0) is 0 Å². The molecule has 0 atom stereocenters. The van der Waals surface area contributed by atoms with E-state index in [1.165, 1.54) is 0 Å². The lowest BCUT2D eigenvalue weighted by molar-refractivity contribution is 0.454. The monoisotopic (exact) mass is 153 g/mol. The maximum atomic E-state index is 8.67. The molecule has 0 aliphatic carbocycles. The molecule has 0 saturated heterocycles. The maximum Gasteiger partial charge on any atom is 0.299 e. The Balaban J connectivity index is -0.00000000750. The summed E-state index contributed by atoms with van der Waals surface area (Å²) < 4.78 is 22.8. The fourth-order valence-electron chi connectivity index (χ4n) is 0. The summed E-state index contributed by atoms with van der Waals surface area (Å²) in [5.74, 6) is 0. The van der Waals surface area contributed by atoms with E-state index in [1.54, 1.807) is 0 Å². The molecule has 0 aromatic carbocycles. The van der Waals surface area contributed by atoms with Gasteiger partial charge in [0.25, 0.3) is 11.4 Å². The van der Waals surface area contributed by atoms with Gasteiger partial charge in [0.15, 0.2) is 0 Å². The van der Waals surface area contributed by atoms with Crippen LogP contribution >= 0.6 is 0 Å². The van der Waals surface area contributed by atoms with Crippen molar-refractivity contribution in [1.82, 2.24) is 6.15 Å². The Hall–Kier alpha value is -0.0900.